The van der Waals surface area contributed by atoms with Gasteiger partial charge in [-0.1, -0.05) is 6.07 Å². The first kappa shape index (κ1) is 17.2. The minimum absolute atomic E-state index is 0.0591. The number of nitrogens with zero attached hydrogens (tertiary/aromatic N) is 2. The topological polar surface area (TPSA) is 84.2 Å². The van der Waals surface area contributed by atoms with Crippen LogP contribution in [-0.4, -0.2) is 26.8 Å². The molecule has 0 saturated heterocycles. The Labute approximate surface area is 139 Å². The molecule has 0 saturated carbocycles. The van der Waals surface area contributed by atoms with E-state index in [2.05, 4.69) is 10.4 Å². The molecule has 1 amide bonds. The van der Waals surface area contributed by atoms with E-state index in [4.69, 9.17) is 5.11 Å². The Morgan fingerprint density at radius 3 is 2.70 bits per heavy atom. The maximum Gasteiger partial charge on any atom is 0.304 e. The van der Waals surface area contributed by atoms with Crippen LogP contribution in [0.25, 0.3) is 0 Å². The van der Waals surface area contributed by atoms with E-state index in [9.17, 15) is 9.59 Å². The van der Waals surface area contributed by atoms with Crippen LogP contribution in [0.1, 0.15) is 49.2 Å². The number of hydrogen-bond donors (Lipinski definition) is 2. The Morgan fingerprint density at radius 1 is 1.39 bits per heavy atom. The second kappa shape index (κ2) is 7.41. The van der Waals surface area contributed by atoms with Gasteiger partial charge in [-0.3, -0.25) is 9.59 Å². The number of anilines is 1. The van der Waals surface area contributed by atoms with Gasteiger partial charge in [0.2, 0.25) is 5.91 Å². The standard InChI is InChI=1S/C16H21N3O3S/c1-10(2)19-14(7-11(3)18-19)17-15(20)8-12(9-16(21)22)13-5-4-6-23-13/h4-7,10,12H,8-9H2,1-3H3,(H,17,20)(H,21,22)/t12-/m0/s1. The smallest absolute Gasteiger partial charge is 0.304 e. The van der Waals surface area contributed by atoms with E-state index >= 15 is 0 Å². The molecule has 7 heteroatoms. The largest absolute Gasteiger partial charge is 0.481 e. The lowest BCUT2D eigenvalue weighted by Gasteiger charge is -2.15. The van der Waals surface area contributed by atoms with Crippen LogP contribution < -0.4 is 5.32 Å². The lowest BCUT2D eigenvalue weighted by molar-refractivity contribution is -0.137. The average Bonchev–Trinajstić information content (AvgIpc) is 3.07. The Balaban J connectivity index is 2.09. The second-order valence-electron chi connectivity index (χ2n) is 5.77. The summed E-state index contributed by atoms with van der Waals surface area (Å²) in [5.74, 6) is -0.780. The van der Waals surface area contributed by atoms with Crippen LogP contribution in [0.4, 0.5) is 5.82 Å². The van der Waals surface area contributed by atoms with Crippen LogP contribution >= 0.6 is 11.3 Å². The van der Waals surface area contributed by atoms with Crippen LogP contribution in [0.3, 0.4) is 0 Å². The van der Waals surface area contributed by atoms with Crippen LogP contribution in [-0.2, 0) is 9.59 Å². The zero-order valence-electron chi connectivity index (χ0n) is 13.4. The zero-order chi connectivity index (χ0) is 17.0. The number of thiophene rings is 1. The monoisotopic (exact) mass is 335 g/mol. The van der Waals surface area contributed by atoms with Gasteiger partial charge in [0, 0.05) is 29.3 Å². The zero-order valence-corrected chi connectivity index (χ0v) is 14.3. The number of aromatic nitrogens is 2. The molecule has 2 N–H and O–H groups in total. The Bertz CT molecular complexity index is 677. The first-order valence-electron chi connectivity index (χ1n) is 7.48. The Hall–Kier alpha value is -2.15. The van der Waals surface area contributed by atoms with Gasteiger partial charge in [0.1, 0.15) is 5.82 Å². The van der Waals surface area contributed by atoms with Gasteiger partial charge in [-0.2, -0.15) is 5.10 Å². The van der Waals surface area contributed by atoms with Crippen LogP contribution in [0, 0.1) is 6.92 Å². The van der Waals surface area contributed by atoms with Gasteiger partial charge in [0.05, 0.1) is 12.1 Å². The number of nitrogens with one attached hydrogen (secondary N) is 1. The normalized spacial score (nSPS) is 12.3. The number of amides is 1. The molecular weight excluding hydrogens is 314 g/mol. The number of carboxylic acids is 1. The quantitative estimate of drug-likeness (QED) is 0.812. The predicted molar refractivity (Wildman–Crippen MR) is 89.9 cm³/mol. The van der Waals surface area contributed by atoms with E-state index in [1.165, 1.54) is 11.3 Å². The van der Waals surface area contributed by atoms with E-state index in [-0.39, 0.29) is 30.7 Å². The average molecular weight is 335 g/mol. The molecule has 0 unspecified atom stereocenters. The fourth-order valence-corrected chi connectivity index (χ4v) is 3.26. The van der Waals surface area contributed by atoms with Crippen molar-refractivity contribution in [3.05, 3.63) is 34.2 Å². The van der Waals surface area contributed by atoms with Crippen molar-refractivity contribution in [2.24, 2.45) is 0 Å². The van der Waals surface area contributed by atoms with Crippen molar-refractivity contribution in [2.45, 2.75) is 45.6 Å². The van der Waals surface area contributed by atoms with Gasteiger partial charge in [-0.05, 0) is 32.2 Å². The minimum Gasteiger partial charge on any atom is -0.481 e. The van der Waals surface area contributed by atoms with Crippen molar-refractivity contribution >= 4 is 29.0 Å². The van der Waals surface area contributed by atoms with Crippen LogP contribution in [0.5, 0.6) is 0 Å². The predicted octanol–water partition coefficient (Wildman–Crippen LogP) is 3.42. The highest BCUT2D eigenvalue weighted by atomic mass is 32.1. The van der Waals surface area contributed by atoms with Gasteiger partial charge in [0.15, 0.2) is 0 Å². The molecule has 2 heterocycles. The second-order valence-corrected chi connectivity index (χ2v) is 6.75. The SMILES string of the molecule is Cc1cc(NC(=O)C[C@@H](CC(=O)O)c2cccs2)n(C(C)C)n1. The number of carbonyl (C=O) groups excluding carboxylic acids is 1. The van der Waals surface area contributed by atoms with Crippen molar-refractivity contribution in [1.29, 1.82) is 0 Å². The Kier molecular flexibility index (Phi) is 5.54. The molecule has 0 aliphatic heterocycles. The van der Waals surface area contributed by atoms with Crippen LogP contribution in [0.2, 0.25) is 0 Å². The molecule has 23 heavy (non-hydrogen) atoms. The molecule has 6 nitrogen and oxygen atoms in total. The third-order valence-electron chi connectivity index (χ3n) is 3.41. The summed E-state index contributed by atoms with van der Waals surface area (Å²) in [6.07, 6.45) is 0.0749. The van der Waals surface area contributed by atoms with Gasteiger partial charge in [0.25, 0.3) is 0 Å². The summed E-state index contributed by atoms with van der Waals surface area (Å²) in [7, 11) is 0. The van der Waals surface area contributed by atoms with Gasteiger partial charge in [-0.15, -0.1) is 11.3 Å². The molecule has 1 atom stereocenters. The Morgan fingerprint density at radius 2 is 2.13 bits per heavy atom. The number of carbonyl (C=O) groups is 2. The van der Waals surface area contributed by atoms with Crippen molar-refractivity contribution in [3.8, 4) is 0 Å². The van der Waals surface area contributed by atoms with Gasteiger partial charge in [-0.25, -0.2) is 4.68 Å². The van der Waals surface area contributed by atoms with Crippen LogP contribution in [0.15, 0.2) is 23.6 Å². The van der Waals surface area contributed by atoms with E-state index in [0.29, 0.717) is 5.82 Å². The highest BCUT2D eigenvalue weighted by Gasteiger charge is 2.21. The van der Waals surface area contributed by atoms with E-state index in [1.54, 1.807) is 4.68 Å². The summed E-state index contributed by atoms with van der Waals surface area (Å²) in [5, 5.41) is 18.2. The third-order valence-corrected chi connectivity index (χ3v) is 4.45. The van der Waals surface area contributed by atoms with E-state index in [1.807, 2.05) is 44.4 Å². The molecule has 0 radical (unpaired) electrons. The molecule has 0 spiro atoms. The van der Waals surface area contributed by atoms with Gasteiger partial charge < -0.3 is 10.4 Å². The third kappa shape index (κ3) is 4.66. The van der Waals surface area contributed by atoms with Gasteiger partial charge >= 0.3 is 5.97 Å². The number of aliphatic carboxylic acids is 1. The molecule has 2 aromatic heterocycles. The molecular formula is C16H21N3O3S. The maximum absolute atomic E-state index is 12.3. The fraction of sp³-hybridized carbons (Fsp3) is 0.438. The molecule has 0 bridgehead atoms. The molecule has 0 aromatic carbocycles. The van der Waals surface area contributed by atoms with Crippen molar-refractivity contribution in [1.82, 2.24) is 9.78 Å². The number of rotatable bonds is 7. The number of hydrogen-bond acceptors (Lipinski definition) is 4. The molecule has 0 fully saturated rings. The summed E-state index contributed by atoms with van der Waals surface area (Å²) >= 11 is 1.47. The summed E-state index contributed by atoms with van der Waals surface area (Å²) in [6.45, 7) is 5.84. The number of carboxylic acid groups (broad SMARTS) is 1. The van der Waals surface area contributed by atoms with Crippen molar-refractivity contribution in [3.63, 3.8) is 0 Å². The molecule has 2 aromatic rings. The summed E-state index contributed by atoms with van der Waals surface area (Å²) in [6, 6.07) is 5.68. The van der Waals surface area contributed by atoms with Crippen molar-refractivity contribution in [2.75, 3.05) is 5.32 Å². The number of aryl methyl sites for hydroxylation is 1. The minimum atomic E-state index is -0.903. The lowest BCUT2D eigenvalue weighted by Crippen LogP contribution is -2.19. The molecule has 124 valence electrons. The first-order valence-corrected chi connectivity index (χ1v) is 8.36. The fourth-order valence-electron chi connectivity index (χ4n) is 2.43. The molecule has 0 aliphatic carbocycles. The van der Waals surface area contributed by atoms with Crippen molar-refractivity contribution < 1.29 is 14.7 Å². The maximum atomic E-state index is 12.3. The lowest BCUT2D eigenvalue weighted by atomic mass is 9.99. The summed E-state index contributed by atoms with van der Waals surface area (Å²) in [4.78, 5) is 24.3. The highest BCUT2D eigenvalue weighted by molar-refractivity contribution is 7.10. The van der Waals surface area contributed by atoms with E-state index in [0.717, 1.165) is 10.6 Å². The molecule has 0 aliphatic rings. The summed E-state index contributed by atoms with van der Waals surface area (Å²) in [5.41, 5.74) is 0.828. The first-order chi connectivity index (χ1) is 10.9. The summed E-state index contributed by atoms with van der Waals surface area (Å²) < 4.78 is 1.75. The molecule has 2 rings (SSSR count). The highest BCUT2D eigenvalue weighted by Crippen LogP contribution is 2.28. The van der Waals surface area contributed by atoms with E-state index < -0.39 is 5.97 Å².